The second-order valence-electron chi connectivity index (χ2n) is 3.19. The number of rotatable bonds is 3. The Hall–Kier alpha value is -1.59. The van der Waals surface area contributed by atoms with Crippen LogP contribution in [0.1, 0.15) is 4.88 Å². The number of carboxylic acid groups (broad SMARTS) is 1. The largest absolute Gasteiger partial charge is 0.476 e. The molecule has 0 spiro atoms. The van der Waals surface area contributed by atoms with E-state index in [2.05, 4.69) is 9.99 Å². The lowest BCUT2D eigenvalue weighted by molar-refractivity contribution is -0.129. The number of benzene rings is 1. The Morgan fingerprint density at radius 3 is 2.88 bits per heavy atom. The summed E-state index contributed by atoms with van der Waals surface area (Å²) in [6.07, 6.45) is 0. The Labute approximate surface area is 106 Å². The lowest BCUT2D eigenvalue weighted by Crippen LogP contribution is -2.13. The summed E-state index contributed by atoms with van der Waals surface area (Å²) < 4.78 is 0. The third-order valence-electron chi connectivity index (χ3n) is 2.19. The average molecular weight is 270 g/mol. The van der Waals surface area contributed by atoms with Crippen LogP contribution < -0.4 is 0 Å². The van der Waals surface area contributed by atoms with E-state index in [0.29, 0.717) is 9.90 Å². The van der Waals surface area contributed by atoms with Crippen molar-refractivity contribution in [2.45, 2.75) is 0 Å². The maximum absolute atomic E-state index is 11.1. The first kappa shape index (κ1) is 11.9. The molecule has 0 amide bonds. The summed E-state index contributed by atoms with van der Waals surface area (Å²) in [7, 11) is 1.31. The van der Waals surface area contributed by atoms with Gasteiger partial charge in [-0.25, -0.2) is 4.79 Å². The van der Waals surface area contributed by atoms with Gasteiger partial charge in [0.2, 0.25) is 5.71 Å². The molecule has 6 heteroatoms. The number of oxime groups is 1. The first-order valence-electron chi connectivity index (χ1n) is 4.65. The fraction of sp³-hybridized carbons (Fsp3) is 0.0909. The molecule has 2 rings (SSSR count). The molecule has 0 atom stereocenters. The molecule has 0 aliphatic carbocycles. The monoisotopic (exact) mass is 269 g/mol. The third-order valence-corrected chi connectivity index (χ3v) is 3.52. The van der Waals surface area contributed by atoms with E-state index < -0.39 is 5.97 Å². The Morgan fingerprint density at radius 1 is 1.47 bits per heavy atom. The average Bonchev–Trinajstić information content (AvgIpc) is 2.70. The van der Waals surface area contributed by atoms with Gasteiger partial charge in [0, 0.05) is 21.2 Å². The summed E-state index contributed by atoms with van der Waals surface area (Å²) in [4.78, 5) is 16.2. The molecule has 0 fully saturated rings. The van der Waals surface area contributed by atoms with Gasteiger partial charge < -0.3 is 9.94 Å². The molecule has 88 valence electrons. The van der Waals surface area contributed by atoms with E-state index in [1.54, 1.807) is 23.6 Å². The number of fused-ring (bicyclic) bond motifs is 1. The molecule has 4 nitrogen and oxygen atoms in total. The summed E-state index contributed by atoms with van der Waals surface area (Å²) in [5.74, 6) is -1.13. The minimum Gasteiger partial charge on any atom is -0.476 e. The van der Waals surface area contributed by atoms with E-state index in [0.717, 1.165) is 10.8 Å². The number of carboxylic acids is 1. The summed E-state index contributed by atoms with van der Waals surface area (Å²) >= 11 is 7.30. The number of carbonyl (C=O) groups is 1. The van der Waals surface area contributed by atoms with E-state index in [4.69, 9.17) is 16.7 Å². The van der Waals surface area contributed by atoms with Crippen molar-refractivity contribution in [2.24, 2.45) is 5.16 Å². The fourth-order valence-electron chi connectivity index (χ4n) is 1.49. The quantitative estimate of drug-likeness (QED) is 0.688. The summed E-state index contributed by atoms with van der Waals surface area (Å²) in [5, 5.41) is 16.6. The highest BCUT2D eigenvalue weighted by atomic mass is 35.5. The fourth-order valence-corrected chi connectivity index (χ4v) is 2.81. The minimum absolute atomic E-state index is 0.116. The van der Waals surface area contributed by atoms with Crippen LogP contribution in [0, 0.1) is 0 Å². The van der Waals surface area contributed by atoms with Crippen LogP contribution in [0.2, 0.25) is 5.02 Å². The van der Waals surface area contributed by atoms with Gasteiger partial charge in [0.15, 0.2) is 0 Å². The Morgan fingerprint density at radius 2 is 2.24 bits per heavy atom. The predicted octanol–water partition coefficient (Wildman–Crippen LogP) is 2.99. The summed E-state index contributed by atoms with van der Waals surface area (Å²) in [6, 6.07) is 5.34. The van der Waals surface area contributed by atoms with Crippen LogP contribution in [0.4, 0.5) is 0 Å². The molecule has 1 heterocycles. The molecule has 17 heavy (non-hydrogen) atoms. The molecular weight excluding hydrogens is 262 g/mol. The second kappa shape index (κ2) is 4.73. The van der Waals surface area contributed by atoms with E-state index in [1.807, 2.05) is 0 Å². The predicted molar refractivity (Wildman–Crippen MR) is 68.0 cm³/mol. The van der Waals surface area contributed by atoms with Gasteiger partial charge in [-0.3, -0.25) is 0 Å². The lowest BCUT2D eigenvalue weighted by Gasteiger charge is -1.99. The molecule has 1 aromatic heterocycles. The maximum atomic E-state index is 11.1. The van der Waals surface area contributed by atoms with E-state index in [1.165, 1.54) is 18.4 Å². The van der Waals surface area contributed by atoms with Crippen LogP contribution in [-0.2, 0) is 9.63 Å². The highest BCUT2D eigenvalue weighted by molar-refractivity contribution is 7.15. The number of aliphatic carboxylic acids is 1. The van der Waals surface area contributed by atoms with Crippen LogP contribution in [0.15, 0.2) is 28.7 Å². The number of nitrogens with zero attached hydrogens (tertiary/aromatic N) is 1. The van der Waals surface area contributed by atoms with Crippen LogP contribution in [-0.4, -0.2) is 23.9 Å². The normalized spacial score (nSPS) is 11.8. The van der Waals surface area contributed by atoms with Crippen molar-refractivity contribution in [3.05, 3.63) is 33.5 Å². The molecule has 2 aromatic rings. The minimum atomic E-state index is -1.13. The van der Waals surface area contributed by atoms with E-state index in [9.17, 15) is 4.79 Å². The van der Waals surface area contributed by atoms with Crippen molar-refractivity contribution < 1.29 is 14.7 Å². The molecule has 1 aromatic carbocycles. The van der Waals surface area contributed by atoms with Crippen LogP contribution >= 0.6 is 22.9 Å². The summed E-state index contributed by atoms with van der Waals surface area (Å²) in [5.41, 5.74) is -0.116. The van der Waals surface area contributed by atoms with Crippen LogP contribution in [0.5, 0.6) is 0 Å². The van der Waals surface area contributed by atoms with Crippen molar-refractivity contribution >= 4 is 45.4 Å². The van der Waals surface area contributed by atoms with E-state index >= 15 is 0 Å². The van der Waals surface area contributed by atoms with Gasteiger partial charge in [-0.15, -0.1) is 11.3 Å². The highest BCUT2D eigenvalue weighted by Gasteiger charge is 2.19. The van der Waals surface area contributed by atoms with Crippen molar-refractivity contribution in [1.82, 2.24) is 0 Å². The van der Waals surface area contributed by atoms with Crippen molar-refractivity contribution in [3.63, 3.8) is 0 Å². The van der Waals surface area contributed by atoms with Gasteiger partial charge in [0.05, 0.1) is 4.88 Å². The van der Waals surface area contributed by atoms with Gasteiger partial charge >= 0.3 is 5.97 Å². The zero-order valence-corrected chi connectivity index (χ0v) is 10.4. The smallest absolute Gasteiger partial charge is 0.359 e. The highest BCUT2D eigenvalue weighted by Crippen LogP contribution is 2.31. The first-order valence-corrected chi connectivity index (χ1v) is 5.91. The summed E-state index contributed by atoms with van der Waals surface area (Å²) in [6.45, 7) is 0. The molecule has 0 saturated carbocycles. The van der Waals surface area contributed by atoms with Gasteiger partial charge in [-0.05, 0) is 6.07 Å². The molecule has 0 aliphatic heterocycles. The molecule has 0 radical (unpaired) electrons. The lowest BCUT2D eigenvalue weighted by atomic mass is 10.1. The molecule has 0 saturated heterocycles. The topological polar surface area (TPSA) is 58.9 Å². The molecule has 0 aliphatic rings. The van der Waals surface area contributed by atoms with Crippen LogP contribution in [0.25, 0.3) is 10.8 Å². The Balaban J connectivity index is 2.67. The second-order valence-corrected chi connectivity index (χ2v) is 4.48. The zero-order chi connectivity index (χ0) is 12.4. The number of hydrogen-bond acceptors (Lipinski definition) is 4. The van der Waals surface area contributed by atoms with Gasteiger partial charge in [-0.2, -0.15) is 0 Å². The van der Waals surface area contributed by atoms with Gasteiger partial charge in [0.25, 0.3) is 0 Å². The number of hydrogen-bond donors (Lipinski definition) is 1. The van der Waals surface area contributed by atoms with Gasteiger partial charge in [0.1, 0.15) is 7.11 Å². The van der Waals surface area contributed by atoms with Crippen LogP contribution in [0.3, 0.4) is 0 Å². The molecule has 1 N–H and O–H groups in total. The molecule has 0 unspecified atom stereocenters. The molecular formula is C11H8ClNO3S. The number of halogens is 1. The number of thiophene rings is 1. The van der Waals surface area contributed by atoms with Crippen molar-refractivity contribution in [2.75, 3.05) is 7.11 Å². The van der Waals surface area contributed by atoms with Crippen molar-refractivity contribution in [3.8, 4) is 0 Å². The zero-order valence-electron chi connectivity index (χ0n) is 8.81. The van der Waals surface area contributed by atoms with E-state index in [-0.39, 0.29) is 5.71 Å². The Kier molecular flexibility index (Phi) is 3.31. The Bertz CT molecular complexity index is 606. The maximum Gasteiger partial charge on any atom is 0.359 e. The standard InChI is InChI=1S/C11H8ClNO3S/c1-16-13-9(11(14)15)10-6-3-2-4-8(12)7(6)5-17-10/h2-5H,1H3,(H,14,15). The van der Waals surface area contributed by atoms with Gasteiger partial charge in [-0.1, -0.05) is 28.9 Å². The molecule has 0 bridgehead atoms. The SMILES string of the molecule is CON=C(C(=O)O)c1scc2c(Cl)cccc12. The first-order chi connectivity index (χ1) is 8.15. The van der Waals surface area contributed by atoms with Crippen molar-refractivity contribution in [1.29, 1.82) is 0 Å². The third kappa shape index (κ3) is 2.11.